The molecule has 0 radical (unpaired) electrons. The fraction of sp³-hybridized carbons (Fsp3) is 0.556. The van der Waals surface area contributed by atoms with Gasteiger partial charge in [-0.3, -0.25) is 0 Å². The Morgan fingerprint density at radius 2 is 0.939 bits per heavy atom. The molecule has 0 unspecified atom stereocenters. The Bertz CT molecular complexity index is 907. The van der Waals surface area contributed by atoms with E-state index < -0.39 is 6.96 Å². The van der Waals surface area contributed by atoms with Crippen LogP contribution in [0, 0.1) is 0 Å². The second-order valence-corrected chi connectivity index (χ2v) is 11.4. The van der Waals surface area contributed by atoms with E-state index in [9.17, 15) is 0 Å². The van der Waals surface area contributed by atoms with E-state index in [1.165, 1.54) is 35.2 Å². The Balaban J connectivity index is 0.000000331. The molecule has 0 saturated carbocycles. The third kappa shape index (κ3) is 5.43. The van der Waals surface area contributed by atoms with Gasteiger partial charge in [0.2, 0.25) is 0 Å². The molecule has 2 aromatic carbocycles. The molecule has 0 amide bonds. The van der Waals surface area contributed by atoms with Gasteiger partial charge in [0.1, 0.15) is 23.0 Å². The van der Waals surface area contributed by atoms with Crippen LogP contribution in [0.3, 0.4) is 0 Å². The van der Waals surface area contributed by atoms with Gasteiger partial charge in [-0.1, -0.05) is 53.7 Å². The van der Waals surface area contributed by atoms with Crippen molar-refractivity contribution in [3.05, 3.63) is 47.5 Å². The van der Waals surface area contributed by atoms with Gasteiger partial charge in [-0.2, -0.15) is 0 Å². The summed E-state index contributed by atoms with van der Waals surface area (Å²) in [5.74, 6) is 2.63. The van der Waals surface area contributed by atoms with Gasteiger partial charge >= 0.3 is 6.96 Å². The molecule has 182 valence electrons. The van der Waals surface area contributed by atoms with E-state index in [1.807, 2.05) is 24.3 Å². The van der Waals surface area contributed by atoms with Crippen molar-refractivity contribution in [2.75, 3.05) is 26.7 Å². The van der Waals surface area contributed by atoms with Gasteiger partial charge < -0.3 is 23.1 Å². The first-order valence-electron chi connectivity index (χ1n) is 12.3. The highest BCUT2D eigenvalue weighted by Crippen LogP contribution is 2.47. The number of nitrogens with zero attached hydrogens (tertiary/aromatic N) is 1. The van der Waals surface area contributed by atoms with Crippen LogP contribution < -0.4 is 18.6 Å². The number of benzene rings is 2. The minimum Gasteiger partial charge on any atom is -0.609 e. The summed E-state index contributed by atoms with van der Waals surface area (Å²) in [4.78, 5) is 0. The van der Waals surface area contributed by atoms with Crippen LogP contribution in [0.5, 0.6) is 23.0 Å². The smallest absolute Gasteiger partial charge is 0.609 e. The van der Waals surface area contributed by atoms with Crippen molar-refractivity contribution in [3.63, 3.8) is 0 Å². The first-order chi connectivity index (χ1) is 15.2. The molecule has 1 spiro atoms. The van der Waals surface area contributed by atoms with E-state index in [2.05, 4.69) is 81.5 Å². The van der Waals surface area contributed by atoms with E-state index in [4.69, 9.17) is 18.6 Å². The Labute approximate surface area is 200 Å². The molecule has 5 nitrogen and oxygen atoms in total. The zero-order valence-corrected chi connectivity index (χ0v) is 22.2. The SMILES string of the molecule is CC(C)(C)c1ccc2c(c1)O[B-]1(O2)Oc2ccc(C(C)(C)C)cc2O1.CC[N+](C)(CC)CC. The fourth-order valence-corrected chi connectivity index (χ4v) is 3.77. The van der Waals surface area contributed by atoms with Crippen LogP contribution in [0.2, 0.25) is 0 Å². The normalized spacial score (nSPS) is 15.9. The Kier molecular flexibility index (Phi) is 6.74. The summed E-state index contributed by atoms with van der Waals surface area (Å²) in [6.07, 6.45) is 0. The van der Waals surface area contributed by atoms with E-state index in [-0.39, 0.29) is 10.8 Å². The van der Waals surface area contributed by atoms with Crippen molar-refractivity contribution in [1.29, 1.82) is 0 Å². The Hall–Kier alpha value is -2.34. The molecular formula is C27H42BNO4. The van der Waals surface area contributed by atoms with Gasteiger partial charge in [-0.15, -0.1) is 0 Å². The average molecular weight is 455 g/mol. The van der Waals surface area contributed by atoms with Crippen LogP contribution in [0.15, 0.2) is 36.4 Å². The standard InChI is InChI=1S/C20H24BO4.C7H18N/c1-19(2,3)13-7-9-15-17(11-13)24-21(22-15)23-16-10-8-14(20(4,5)6)12-18(16)25-21;1-5-8(4,6-2)7-3/h7-12H,1-6H3;5-7H2,1-4H3/q-1;+1. The summed E-state index contributed by atoms with van der Waals surface area (Å²) < 4.78 is 25.1. The van der Waals surface area contributed by atoms with Crippen molar-refractivity contribution in [2.24, 2.45) is 0 Å². The Morgan fingerprint density at radius 3 is 1.21 bits per heavy atom. The summed E-state index contributed by atoms with van der Waals surface area (Å²) in [6, 6.07) is 11.9. The second kappa shape index (κ2) is 8.79. The van der Waals surface area contributed by atoms with E-state index in [1.54, 1.807) is 0 Å². The highest BCUT2D eigenvalue weighted by atomic mass is 16.9. The van der Waals surface area contributed by atoms with Gasteiger partial charge in [0, 0.05) is 0 Å². The summed E-state index contributed by atoms with van der Waals surface area (Å²) >= 11 is 0. The quantitative estimate of drug-likeness (QED) is 0.394. The molecule has 6 heteroatoms. The van der Waals surface area contributed by atoms with Gasteiger partial charge in [-0.25, -0.2) is 0 Å². The maximum Gasteiger partial charge on any atom is 0.777 e. The van der Waals surface area contributed by atoms with Crippen LogP contribution in [-0.4, -0.2) is 38.1 Å². The van der Waals surface area contributed by atoms with Gasteiger partial charge in [-0.05, 0) is 67.0 Å². The molecule has 0 bridgehead atoms. The first-order valence-corrected chi connectivity index (χ1v) is 12.3. The minimum absolute atomic E-state index is 0.0309. The zero-order valence-electron chi connectivity index (χ0n) is 22.2. The zero-order chi connectivity index (χ0) is 24.7. The lowest BCUT2D eigenvalue weighted by Gasteiger charge is -2.30. The van der Waals surface area contributed by atoms with Gasteiger partial charge in [0.15, 0.2) is 0 Å². The molecule has 0 saturated heterocycles. The fourth-order valence-electron chi connectivity index (χ4n) is 3.77. The molecule has 2 heterocycles. The van der Waals surface area contributed by atoms with Crippen LogP contribution >= 0.6 is 0 Å². The lowest BCUT2D eigenvalue weighted by molar-refractivity contribution is -0.904. The third-order valence-electron chi connectivity index (χ3n) is 7.00. The maximum atomic E-state index is 6.00. The van der Waals surface area contributed by atoms with E-state index in [0.717, 1.165) is 0 Å². The van der Waals surface area contributed by atoms with Crippen molar-refractivity contribution >= 4 is 6.96 Å². The monoisotopic (exact) mass is 455 g/mol. The molecule has 2 aliphatic rings. The summed E-state index contributed by atoms with van der Waals surface area (Å²) in [5.41, 5.74) is 2.41. The van der Waals surface area contributed by atoms with Crippen LogP contribution in [0.1, 0.15) is 73.4 Å². The van der Waals surface area contributed by atoms with Gasteiger partial charge in [0.05, 0.1) is 26.7 Å². The molecule has 0 aromatic heterocycles. The minimum atomic E-state index is -2.32. The predicted molar refractivity (Wildman–Crippen MR) is 136 cm³/mol. The molecule has 33 heavy (non-hydrogen) atoms. The number of fused-ring (bicyclic) bond motifs is 2. The topological polar surface area (TPSA) is 36.9 Å². The van der Waals surface area contributed by atoms with Crippen LogP contribution in [0.25, 0.3) is 0 Å². The molecule has 0 aliphatic carbocycles. The van der Waals surface area contributed by atoms with Crippen molar-refractivity contribution in [2.45, 2.75) is 73.1 Å². The van der Waals surface area contributed by atoms with Crippen LogP contribution in [0.4, 0.5) is 0 Å². The number of hydrogen-bond donors (Lipinski definition) is 0. The molecule has 0 atom stereocenters. The molecule has 0 N–H and O–H groups in total. The lowest BCUT2D eigenvalue weighted by atomic mass is 9.87. The molecule has 4 rings (SSSR count). The average Bonchev–Trinajstić information content (AvgIpc) is 3.29. The van der Waals surface area contributed by atoms with Crippen LogP contribution in [-0.2, 0) is 10.8 Å². The van der Waals surface area contributed by atoms with E-state index in [0.29, 0.717) is 23.0 Å². The Morgan fingerprint density at radius 1 is 0.606 bits per heavy atom. The maximum absolute atomic E-state index is 6.00. The van der Waals surface area contributed by atoms with Gasteiger partial charge in [0.25, 0.3) is 0 Å². The predicted octanol–water partition coefficient (Wildman–Crippen LogP) is 6.45. The summed E-state index contributed by atoms with van der Waals surface area (Å²) in [5, 5.41) is 0. The molecule has 2 aromatic rings. The van der Waals surface area contributed by atoms with Crippen molar-refractivity contribution < 1.29 is 23.1 Å². The summed E-state index contributed by atoms with van der Waals surface area (Å²) in [6.45, 7) is 21.2. The first kappa shape index (κ1) is 25.3. The molecule has 0 fully saturated rings. The largest absolute Gasteiger partial charge is 0.777 e. The van der Waals surface area contributed by atoms with E-state index >= 15 is 0 Å². The molecular weight excluding hydrogens is 413 g/mol. The van der Waals surface area contributed by atoms with Crippen molar-refractivity contribution in [3.8, 4) is 23.0 Å². The third-order valence-corrected chi connectivity index (χ3v) is 7.00. The highest BCUT2D eigenvalue weighted by molar-refractivity contribution is 6.59. The lowest BCUT2D eigenvalue weighted by Crippen LogP contribution is -2.54. The number of rotatable bonds is 3. The van der Waals surface area contributed by atoms with Crippen molar-refractivity contribution in [1.82, 2.24) is 0 Å². The highest BCUT2D eigenvalue weighted by Gasteiger charge is 2.52. The number of quaternary nitrogens is 1. The second-order valence-electron chi connectivity index (χ2n) is 11.4. The number of hydrogen-bond acceptors (Lipinski definition) is 4. The molecule has 2 aliphatic heterocycles. The summed E-state index contributed by atoms with van der Waals surface area (Å²) in [7, 11) is 2.29.